The Balaban J connectivity index is 1.70. The van der Waals surface area contributed by atoms with Crippen molar-refractivity contribution in [3.05, 3.63) is 71.7 Å². The van der Waals surface area contributed by atoms with Gasteiger partial charge in [0.15, 0.2) is 6.19 Å². The lowest BCUT2D eigenvalue weighted by atomic mass is 10.0. The van der Waals surface area contributed by atoms with E-state index in [1.54, 1.807) is 31.3 Å². The summed E-state index contributed by atoms with van der Waals surface area (Å²) in [5, 5.41) is 12.9. The third-order valence-electron chi connectivity index (χ3n) is 5.17. The average molecular weight is 465 g/mol. The molecule has 0 saturated heterocycles. The molecule has 0 aliphatic carbocycles. The van der Waals surface area contributed by atoms with E-state index in [1.165, 1.54) is 23.5 Å². The number of hydrogen-bond acceptors (Lipinski definition) is 6. The molecule has 0 aliphatic rings. The zero-order valence-electron chi connectivity index (χ0n) is 17.2. The molecule has 1 amide bonds. The van der Waals surface area contributed by atoms with Crippen molar-refractivity contribution in [2.45, 2.75) is 24.3 Å². The van der Waals surface area contributed by atoms with Crippen LogP contribution in [0.15, 0.2) is 71.1 Å². The summed E-state index contributed by atoms with van der Waals surface area (Å²) >= 11 is 1.53. The lowest BCUT2D eigenvalue weighted by Crippen LogP contribution is -2.48. The highest BCUT2D eigenvalue weighted by atomic mass is 32.2. The first-order valence-electron chi connectivity index (χ1n) is 9.96. The van der Waals surface area contributed by atoms with E-state index in [9.17, 15) is 18.5 Å². The minimum absolute atomic E-state index is 0.0333. The quantitative estimate of drug-likeness (QED) is 0.332. The molecule has 32 heavy (non-hydrogen) atoms. The minimum Gasteiger partial charge on any atom is -0.272 e. The van der Waals surface area contributed by atoms with Crippen molar-refractivity contribution in [1.82, 2.24) is 14.6 Å². The molecule has 4 rings (SSSR count). The van der Waals surface area contributed by atoms with Gasteiger partial charge in [0.1, 0.15) is 6.04 Å². The summed E-state index contributed by atoms with van der Waals surface area (Å²) in [5.41, 5.74) is 1.52. The second-order valence-corrected chi connectivity index (χ2v) is 9.80. The van der Waals surface area contributed by atoms with Crippen molar-refractivity contribution < 1.29 is 13.2 Å². The second-order valence-electron chi connectivity index (χ2n) is 7.18. The van der Waals surface area contributed by atoms with Gasteiger partial charge in [-0.15, -0.1) is 11.3 Å². The molecule has 1 N–H and O–H groups in total. The zero-order chi connectivity index (χ0) is 22.7. The highest BCUT2D eigenvalue weighted by Gasteiger charge is 2.30. The Kier molecular flexibility index (Phi) is 6.19. The average Bonchev–Trinajstić information content (AvgIpc) is 3.21. The third-order valence-corrected chi connectivity index (χ3v) is 7.65. The van der Waals surface area contributed by atoms with Crippen LogP contribution in [0, 0.1) is 11.5 Å². The maximum Gasteiger partial charge on any atom is 0.254 e. The maximum absolute atomic E-state index is 13.2. The number of pyridine rings is 1. The molecule has 0 fully saturated rings. The van der Waals surface area contributed by atoms with Gasteiger partial charge in [0, 0.05) is 22.8 Å². The van der Waals surface area contributed by atoms with Gasteiger partial charge in [0.05, 0.1) is 10.4 Å². The summed E-state index contributed by atoms with van der Waals surface area (Å²) in [4.78, 5) is 18.3. The number of rotatable bonds is 7. The molecule has 162 valence electrons. The normalized spacial score (nSPS) is 12.5. The lowest BCUT2D eigenvalue weighted by Gasteiger charge is -2.21. The summed E-state index contributed by atoms with van der Waals surface area (Å²) in [6, 6.07) is 14.7. The van der Waals surface area contributed by atoms with Gasteiger partial charge in [-0.05, 0) is 60.0 Å². The summed E-state index contributed by atoms with van der Waals surface area (Å²) in [7, 11) is -4.03. The van der Waals surface area contributed by atoms with E-state index < -0.39 is 22.0 Å². The number of thiophene rings is 1. The van der Waals surface area contributed by atoms with Crippen LogP contribution < -0.4 is 4.72 Å². The SMILES string of the molecule is CCN(C#N)C(=O)C(Cc1csc2ccccc12)NS(=O)(=O)c1ccc2ncccc2c1. The number of likely N-dealkylation sites (N-methyl/N-ethyl adjacent to an activating group) is 1. The van der Waals surface area contributed by atoms with Crippen molar-refractivity contribution in [2.75, 3.05) is 6.54 Å². The smallest absolute Gasteiger partial charge is 0.254 e. The molecule has 1 unspecified atom stereocenters. The summed E-state index contributed by atoms with van der Waals surface area (Å²) in [6.45, 7) is 1.82. The van der Waals surface area contributed by atoms with Gasteiger partial charge in [-0.3, -0.25) is 9.78 Å². The Bertz CT molecular complexity index is 1440. The molecule has 0 spiro atoms. The number of carbonyl (C=O) groups excluding carboxylic acids is 1. The van der Waals surface area contributed by atoms with E-state index in [2.05, 4.69) is 9.71 Å². The standard InChI is InChI=1S/C23H20N4O3S2/c1-2-27(15-24)23(28)21(13-17-14-31-22-8-4-3-7-19(17)22)26-32(29,30)18-9-10-20-16(12-18)6-5-11-25-20/h3-12,14,21,26H,2,13H2,1H3. The Morgan fingerprint density at radius 3 is 2.81 bits per heavy atom. The second kappa shape index (κ2) is 9.04. The molecular weight excluding hydrogens is 444 g/mol. The van der Waals surface area contributed by atoms with Crippen molar-refractivity contribution >= 4 is 48.3 Å². The van der Waals surface area contributed by atoms with E-state index in [4.69, 9.17) is 0 Å². The fraction of sp³-hybridized carbons (Fsp3) is 0.174. The van der Waals surface area contributed by atoms with E-state index >= 15 is 0 Å². The number of sulfonamides is 1. The molecule has 9 heteroatoms. The van der Waals surface area contributed by atoms with E-state index in [1.807, 2.05) is 35.8 Å². The Hall–Kier alpha value is -3.32. The number of carbonyl (C=O) groups is 1. The van der Waals surface area contributed by atoms with E-state index in [0.717, 1.165) is 20.5 Å². The van der Waals surface area contributed by atoms with Gasteiger partial charge >= 0.3 is 0 Å². The molecule has 1 atom stereocenters. The predicted octanol–water partition coefficient (Wildman–Crippen LogP) is 3.67. The molecule has 4 aromatic rings. The van der Waals surface area contributed by atoms with Crippen molar-refractivity contribution in [2.24, 2.45) is 0 Å². The zero-order valence-corrected chi connectivity index (χ0v) is 18.9. The van der Waals surface area contributed by atoms with Crippen LogP contribution >= 0.6 is 11.3 Å². The van der Waals surface area contributed by atoms with Crippen molar-refractivity contribution in [3.63, 3.8) is 0 Å². The number of benzene rings is 2. The molecule has 2 heterocycles. The molecule has 0 saturated carbocycles. The highest BCUT2D eigenvalue weighted by Crippen LogP contribution is 2.27. The van der Waals surface area contributed by atoms with Gasteiger partial charge in [-0.1, -0.05) is 24.3 Å². The number of hydrogen-bond donors (Lipinski definition) is 1. The summed E-state index contributed by atoms with van der Waals surface area (Å²) in [6.07, 6.45) is 3.61. The fourth-order valence-electron chi connectivity index (χ4n) is 3.53. The molecular formula is C23H20N4O3S2. The highest BCUT2D eigenvalue weighted by molar-refractivity contribution is 7.89. The van der Waals surface area contributed by atoms with Crippen LogP contribution in [0.1, 0.15) is 12.5 Å². The summed E-state index contributed by atoms with van der Waals surface area (Å²) < 4.78 is 30.0. The monoisotopic (exact) mass is 464 g/mol. The van der Waals surface area contributed by atoms with Crippen molar-refractivity contribution in [3.8, 4) is 6.19 Å². The first kappa shape index (κ1) is 21.9. The van der Waals surface area contributed by atoms with Crippen LogP contribution in [0.5, 0.6) is 0 Å². The molecule has 7 nitrogen and oxygen atoms in total. The molecule has 0 aliphatic heterocycles. The minimum atomic E-state index is -4.03. The van der Waals surface area contributed by atoms with Crippen LogP contribution in [0.4, 0.5) is 0 Å². The van der Waals surface area contributed by atoms with Gasteiger partial charge in [0.2, 0.25) is 10.0 Å². The molecule has 2 aromatic carbocycles. The topological polar surface area (TPSA) is 103 Å². The Morgan fingerprint density at radius 1 is 1.22 bits per heavy atom. The number of nitriles is 1. The maximum atomic E-state index is 13.2. The first-order valence-corrected chi connectivity index (χ1v) is 12.3. The van der Waals surface area contributed by atoms with Gasteiger partial charge in [-0.25, -0.2) is 13.3 Å². The fourth-order valence-corrected chi connectivity index (χ4v) is 5.73. The van der Waals surface area contributed by atoms with Crippen LogP contribution in [0.3, 0.4) is 0 Å². The van der Waals surface area contributed by atoms with Gasteiger partial charge in [-0.2, -0.15) is 9.98 Å². The molecule has 2 aromatic heterocycles. The number of fused-ring (bicyclic) bond motifs is 2. The van der Waals surface area contributed by atoms with Crippen LogP contribution in [0.2, 0.25) is 0 Å². The Morgan fingerprint density at radius 2 is 2.03 bits per heavy atom. The third kappa shape index (κ3) is 4.34. The molecule has 0 radical (unpaired) electrons. The molecule has 0 bridgehead atoms. The van der Waals surface area contributed by atoms with Gasteiger partial charge in [0.25, 0.3) is 5.91 Å². The van der Waals surface area contributed by atoms with Crippen LogP contribution in [-0.4, -0.2) is 36.8 Å². The number of nitrogens with zero attached hydrogens (tertiary/aromatic N) is 3. The van der Waals surface area contributed by atoms with E-state index in [-0.39, 0.29) is 17.9 Å². The van der Waals surface area contributed by atoms with Crippen molar-refractivity contribution in [1.29, 1.82) is 5.26 Å². The predicted molar refractivity (Wildman–Crippen MR) is 124 cm³/mol. The summed E-state index contributed by atoms with van der Waals surface area (Å²) in [5.74, 6) is -0.587. The number of amides is 1. The van der Waals surface area contributed by atoms with Gasteiger partial charge < -0.3 is 0 Å². The Labute approximate surface area is 190 Å². The van der Waals surface area contributed by atoms with E-state index in [0.29, 0.717) is 10.9 Å². The van der Waals surface area contributed by atoms with Crippen LogP contribution in [-0.2, 0) is 21.2 Å². The number of aromatic nitrogens is 1. The van der Waals surface area contributed by atoms with Crippen LogP contribution in [0.25, 0.3) is 21.0 Å². The largest absolute Gasteiger partial charge is 0.272 e. The lowest BCUT2D eigenvalue weighted by molar-refractivity contribution is -0.129. The first-order chi connectivity index (χ1) is 15.4. The number of nitrogens with one attached hydrogen (secondary N) is 1.